The second kappa shape index (κ2) is 7.65. The molecule has 0 atom stereocenters. The van der Waals surface area contributed by atoms with Gasteiger partial charge in [-0.15, -0.1) is 0 Å². The average Bonchev–Trinajstić information content (AvgIpc) is 2.37. The van der Waals surface area contributed by atoms with Crippen molar-refractivity contribution in [3.05, 3.63) is 35.4 Å². The van der Waals surface area contributed by atoms with E-state index in [1.54, 1.807) is 18.2 Å². The molecule has 0 aliphatic rings. The van der Waals surface area contributed by atoms with Gasteiger partial charge in [-0.05, 0) is 38.1 Å². The molecule has 1 amide bonds. The minimum atomic E-state index is -0.938. The molecule has 110 valence electrons. The second-order valence-electron chi connectivity index (χ2n) is 5.03. The highest BCUT2D eigenvalue weighted by Crippen LogP contribution is 2.08. The molecule has 5 heteroatoms. The maximum Gasteiger partial charge on any atom is 0.335 e. The van der Waals surface area contributed by atoms with Gasteiger partial charge in [0.05, 0.1) is 12.1 Å². The maximum absolute atomic E-state index is 11.7. The first-order valence-electron chi connectivity index (χ1n) is 6.76. The molecule has 2 N–H and O–H groups in total. The number of carboxylic acids is 1. The fraction of sp³-hybridized carbons (Fsp3) is 0.467. The van der Waals surface area contributed by atoms with Crippen molar-refractivity contribution in [2.24, 2.45) is 0 Å². The van der Waals surface area contributed by atoms with Crippen LogP contribution < -0.4 is 5.32 Å². The van der Waals surface area contributed by atoms with E-state index < -0.39 is 5.97 Å². The topological polar surface area (TPSA) is 69.6 Å². The normalized spacial score (nSPS) is 10.8. The number of hydrogen-bond donors (Lipinski definition) is 2. The van der Waals surface area contributed by atoms with Crippen LogP contribution in [0.2, 0.25) is 0 Å². The summed E-state index contributed by atoms with van der Waals surface area (Å²) in [5.74, 6) is -0.955. The molecule has 0 heterocycles. The van der Waals surface area contributed by atoms with E-state index in [0.717, 1.165) is 12.1 Å². The Labute approximate surface area is 119 Å². The lowest BCUT2D eigenvalue weighted by atomic mass is 10.1. The summed E-state index contributed by atoms with van der Waals surface area (Å²) < 4.78 is 0. The number of amides is 1. The van der Waals surface area contributed by atoms with Gasteiger partial charge >= 0.3 is 5.97 Å². The fourth-order valence-corrected chi connectivity index (χ4v) is 1.91. The third kappa shape index (κ3) is 5.40. The minimum Gasteiger partial charge on any atom is -0.478 e. The van der Waals surface area contributed by atoms with Crippen LogP contribution >= 0.6 is 0 Å². The van der Waals surface area contributed by atoms with Gasteiger partial charge in [-0.25, -0.2) is 4.79 Å². The molecule has 0 spiro atoms. The van der Waals surface area contributed by atoms with Crippen LogP contribution in [-0.2, 0) is 11.3 Å². The fourth-order valence-electron chi connectivity index (χ4n) is 1.91. The molecule has 1 aromatic rings. The van der Waals surface area contributed by atoms with Crippen molar-refractivity contribution < 1.29 is 14.7 Å². The molecule has 0 radical (unpaired) electrons. The Kier molecular flexibility index (Phi) is 6.18. The summed E-state index contributed by atoms with van der Waals surface area (Å²) in [6.45, 7) is 7.41. The number of benzene rings is 1. The molecule has 1 rings (SSSR count). The Balaban J connectivity index is 2.66. The van der Waals surface area contributed by atoms with Crippen LogP contribution in [0.5, 0.6) is 0 Å². The van der Waals surface area contributed by atoms with Gasteiger partial charge in [0.2, 0.25) is 5.91 Å². The van der Waals surface area contributed by atoms with Gasteiger partial charge in [0.15, 0.2) is 0 Å². The molecule has 0 aliphatic carbocycles. The average molecular weight is 278 g/mol. The first-order chi connectivity index (χ1) is 9.42. The molecular weight excluding hydrogens is 256 g/mol. The number of likely N-dealkylation sites (N-methyl/N-ethyl adjacent to an activating group) is 1. The van der Waals surface area contributed by atoms with Gasteiger partial charge in [-0.2, -0.15) is 0 Å². The molecule has 0 fully saturated rings. The Morgan fingerprint density at radius 1 is 1.35 bits per heavy atom. The van der Waals surface area contributed by atoms with Crippen LogP contribution in [0.15, 0.2) is 24.3 Å². The van der Waals surface area contributed by atoms with Gasteiger partial charge in [0.25, 0.3) is 0 Å². The van der Waals surface area contributed by atoms with Crippen LogP contribution in [0.25, 0.3) is 0 Å². The van der Waals surface area contributed by atoms with E-state index in [-0.39, 0.29) is 17.5 Å². The van der Waals surface area contributed by atoms with E-state index in [1.807, 2.05) is 31.7 Å². The minimum absolute atomic E-state index is 0.0174. The summed E-state index contributed by atoms with van der Waals surface area (Å²) in [4.78, 5) is 24.6. The molecule has 0 saturated heterocycles. The predicted octanol–water partition coefficient (Wildman–Crippen LogP) is 1.73. The van der Waals surface area contributed by atoms with Gasteiger partial charge in [-0.3, -0.25) is 9.69 Å². The van der Waals surface area contributed by atoms with Crippen LogP contribution in [0.1, 0.15) is 36.7 Å². The Hall–Kier alpha value is -1.88. The molecular formula is C15H22N2O3. The zero-order valence-corrected chi connectivity index (χ0v) is 12.2. The van der Waals surface area contributed by atoms with Crippen LogP contribution in [0, 0.1) is 0 Å². The highest BCUT2D eigenvalue weighted by molar-refractivity contribution is 5.87. The summed E-state index contributed by atoms with van der Waals surface area (Å²) >= 11 is 0. The van der Waals surface area contributed by atoms with Crippen molar-refractivity contribution in [3.8, 4) is 0 Å². The largest absolute Gasteiger partial charge is 0.478 e. The number of hydrogen-bond acceptors (Lipinski definition) is 3. The molecule has 1 aromatic carbocycles. The van der Waals surface area contributed by atoms with E-state index >= 15 is 0 Å². The lowest BCUT2D eigenvalue weighted by molar-refractivity contribution is -0.122. The van der Waals surface area contributed by atoms with Crippen molar-refractivity contribution >= 4 is 11.9 Å². The summed E-state index contributed by atoms with van der Waals surface area (Å²) in [6.07, 6.45) is 0. The summed E-state index contributed by atoms with van der Waals surface area (Å²) in [5, 5.41) is 11.8. The van der Waals surface area contributed by atoms with Gasteiger partial charge in [-0.1, -0.05) is 19.1 Å². The number of carbonyl (C=O) groups excluding carboxylic acids is 1. The standard InChI is InChI=1S/C15H22N2O3/c1-4-17(10-14(18)16-11(2)3)9-12-6-5-7-13(8-12)15(19)20/h5-8,11H,4,9-10H2,1-3H3,(H,16,18)(H,19,20). The number of nitrogens with zero attached hydrogens (tertiary/aromatic N) is 1. The zero-order valence-electron chi connectivity index (χ0n) is 12.2. The quantitative estimate of drug-likeness (QED) is 0.797. The van der Waals surface area contributed by atoms with Crippen molar-refractivity contribution in [1.82, 2.24) is 10.2 Å². The predicted molar refractivity (Wildman–Crippen MR) is 77.6 cm³/mol. The SMILES string of the molecule is CCN(CC(=O)NC(C)C)Cc1cccc(C(=O)O)c1. The van der Waals surface area contributed by atoms with Crippen molar-refractivity contribution in [3.63, 3.8) is 0 Å². The van der Waals surface area contributed by atoms with E-state index in [0.29, 0.717) is 13.1 Å². The Morgan fingerprint density at radius 3 is 2.60 bits per heavy atom. The van der Waals surface area contributed by atoms with Gasteiger partial charge in [0.1, 0.15) is 0 Å². The molecule has 0 saturated carbocycles. The van der Waals surface area contributed by atoms with Crippen molar-refractivity contribution in [2.75, 3.05) is 13.1 Å². The monoisotopic (exact) mass is 278 g/mol. The first kappa shape index (κ1) is 16.2. The summed E-state index contributed by atoms with van der Waals surface area (Å²) in [7, 11) is 0. The molecule has 5 nitrogen and oxygen atoms in total. The lowest BCUT2D eigenvalue weighted by Gasteiger charge is -2.21. The van der Waals surface area contributed by atoms with Crippen molar-refractivity contribution in [1.29, 1.82) is 0 Å². The zero-order chi connectivity index (χ0) is 15.1. The third-order valence-electron chi connectivity index (χ3n) is 2.84. The number of rotatable bonds is 7. The lowest BCUT2D eigenvalue weighted by Crippen LogP contribution is -2.39. The highest BCUT2D eigenvalue weighted by Gasteiger charge is 2.11. The summed E-state index contributed by atoms with van der Waals surface area (Å²) in [6, 6.07) is 6.92. The molecule has 0 unspecified atom stereocenters. The number of nitrogens with one attached hydrogen (secondary N) is 1. The highest BCUT2D eigenvalue weighted by atomic mass is 16.4. The maximum atomic E-state index is 11.7. The second-order valence-corrected chi connectivity index (χ2v) is 5.03. The molecule has 0 bridgehead atoms. The van der Waals surface area contributed by atoms with Gasteiger partial charge in [0, 0.05) is 12.6 Å². The van der Waals surface area contributed by atoms with E-state index in [4.69, 9.17) is 5.11 Å². The van der Waals surface area contributed by atoms with Crippen LogP contribution in [0.3, 0.4) is 0 Å². The molecule has 0 aliphatic heterocycles. The Morgan fingerprint density at radius 2 is 2.05 bits per heavy atom. The van der Waals surface area contributed by atoms with E-state index in [1.165, 1.54) is 0 Å². The molecule has 0 aromatic heterocycles. The van der Waals surface area contributed by atoms with Gasteiger partial charge < -0.3 is 10.4 Å². The summed E-state index contributed by atoms with van der Waals surface area (Å²) in [5.41, 5.74) is 1.16. The van der Waals surface area contributed by atoms with E-state index in [2.05, 4.69) is 5.32 Å². The Bertz CT molecular complexity index is 472. The van der Waals surface area contributed by atoms with Crippen LogP contribution in [0.4, 0.5) is 0 Å². The first-order valence-corrected chi connectivity index (χ1v) is 6.76. The number of aromatic carboxylic acids is 1. The third-order valence-corrected chi connectivity index (χ3v) is 2.84. The van der Waals surface area contributed by atoms with Crippen LogP contribution in [-0.4, -0.2) is 41.0 Å². The van der Waals surface area contributed by atoms with Crippen molar-refractivity contribution in [2.45, 2.75) is 33.4 Å². The van der Waals surface area contributed by atoms with E-state index in [9.17, 15) is 9.59 Å². The number of carbonyl (C=O) groups is 2. The molecule has 20 heavy (non-hydrogen) atoms. The smallest absolute Gasteiger partial charge is 0.335 e. The number of carboxylic acid groups (broad SMARTS) is 1.